The molecule has 1 aromatic heterocycles. The maximum atomic E-state index is 11.9. The van der Waals surface area contributed by atoms with Crippen LogP contribution in [-0.4, -0.2) is 54.0 Å². The zero-order valence-corrected chi connectivity index (χ0v) is 22.3. The van der Waals surface area contributed by atoms with Crippen LogP contribution in [0.25, 0.3) is 11.4 Å². The van der Waals surface area contributed by atoms with Gasteiger partial charge in [-0.15, -0.1) is 0 Å². The molecule has 2 aliphatic rings. The lowest BCUT2D eigenvalue weighted by atomic mass is 9.78. The third kappa shape index (κ3) is 5.00. The molecule has 3 aromatic rings. The van der Waals surface area contributed by atoms with Crippen LogP contribution in [0.5, 0.6) is 0 Å². The molecule has 5 rings (SSSR count). The fraction of sp³-hybridized carbons (Fsp3) is 0.462. The van der Waals surface area contributed by atoms with Crippen LogP contribution in [0.3, 0.4) is 0 Å². The first-order valence-corrected chi connectivity index (χ1v) is 14.1. The number of sulfonamides is 1. The van der Waals surface area contributed by atoms with Gasteiger partial charge in [0.15, 0.2) is 0 Å². The topological polar surface area (TPSA) is 94.8 Å². The maximum absolute atomic E-state index is 11.9. The van der Waals surface area contributed by atoms with Gasteiger partial charge in [0.1, 0.15) is 0 Å². The Hall–Kier alpha value is -2.53. The van der Waals surface area contributed by atoms with Gasteiger partial charge in [-0.3, -0.25) is 0 Å². The number of hydrogen-bond donors (Lipinski definition) is 0. The lowest BCUT2D eigenvalue weighted by Gasteiger charge is -2.32. The lowest BCUT2D eigenvalue weighted by Crippen LogP contribution is -2.41. The highest BCUT2D eigenvalue weighted by molar-refractivity contribution is 7.88. The van der Waals surface area contributed by atoms with Crippen LogP contribution in [0.15, 0.2) is 47.0 Å². The van der Waals surface area contributed by atoms with Crippen molar-refractivity contribution in [1.82, 2.24) is 14.4 Å². The summed E-state index contributed by atoms with van der Waals surface area (Å²) in [4.78, 5) is 4.59. The number of hydrogen-bond acceptors (Lipinski definition) is 7. The minimum Gasteiger partial charge on any atom is -0.399 e. The van der Waals surface area contributed by atoms with E-state index in [-0.39, 0.29) is 18.3 Å². The molecule has 0 unspecified atom stereocenters. The Labute approximate surface area is 213 Å². The van der Waals surface area contributed by atoms with Crippen molar-refractivity contribution >= 4 is 22.6 Å². The van der Waals surface area contributed by atoms with Gasteiger partial charge in [-0.05, 0) is 68.8 Å². The van der Waals surface area contributed by atoms with Crippen LogP contribution in [-0.2, 0) is 45.1 Å². The summed E-state index contributed by atoms with van der Waals surface area (Å²) in [7, 11) is -3.56. The molecule has 0 amide bonds. The fourth-order valence-electron chi connectivity index (χ4n) is 4.49. The van der Waals surface area contributed by atoms with E-state index in [0.29, 0.717) is 37.6 Å². The highest BCUT2D eigenvalue weighted by Crippen LogP contribution is 2.36. The van der Waals surface area contributed by atoms with Crippen LogP contribution in [0.2, 0.25) is 0 Å². The summed E-state index contributed by atoms with van der Waals surface area (Å²) >= 11 is 0. The first-order valence-electron chi connectivity index (χ1n) is 12.3. The van der Waals surface area contributed by atoms with Gasteiger partial charge < -0.3 is 13.8 Å². The van der Waals surface area contributed by atoms with Gasteiger partial charge in [-0.25, -0.2) is 8.42 Å². The molecule has 0 bridgehead atoms. The molecule has 2 aliphatic heterocycles. The average Bonchev–Trinajstić information content (AvgIpc) is 3.38. The molecule has 0 spiro atoms. The van der Waals surface area contributed by atoms with Crippen molar-refractivity contribution in [2.24, 2.45) is 0 Å². The number of aromatic nitrogens is 2. The third-order valence-electron chi connectivity index (χ3n) is 7.51. The minimum absolute atomic E-state index is 0.361. The number of nitrogens with zero attached hydrogens (tertiary/aromatic N) is 3. The van der Waals surface area contributed by atoms with Crippen molar-refractivity contribution in [2.75, 3.05) is 12.8 Å². The van der Waals surface area contributed by atoms with E-state index in [1.807, 2.05) is 18.2 Å². The van der Waals surface area contributed by atoms with Gasteiger partial charge in [0, 0.05) is 25.1 Å². The van der Waals surface area contributed by atoms with E-state index in [1.54, 1.807) is 0 Å². The molecule has 1 saturated heterocycles. The molecular formula is C26H32BN3O5S. The second kappa shape index (κ2) is 9.10. The predicted molar refractivity (Wildman–Crippen MR) is 138 cm³/mol. The standard InChI is InChI=1S/C26H32BN3O5S/c1-25(2)26(3,4)35-27(34-25)22-11-6-18(7-12-22)8-13-23-28-24(29-33-23)20-9-10-21-17-30(36(5,31)32)15-14-19(21)16-20/h6-7,9-12,16H,8,13-15,17H2,1-5H3. The lowest BCUT2D eigenvalue weighted by molar-refractivity contribution is 0.00578. The van der Waals surface area contributed by atoms with E-state index in [9.17, 15) is 8.42 Å². The van der Waals surface area contributed by atoms with Crippen LogP contribution < -0.4 is 5.46 Å². The summed E-state index contributed by atoms with van der Waals surface area (Å²) in [5.74, 6) is 1.13. The second-order valence-corrected chi connectivity index (χ2v) is 12.7. The number of aryl methyl sites for hydroxylation is 2. The molecule has 36 heavy (non-hydrogen) atoms. The van der Waals surface area contributed by atoms with Crippen LogP contribution in [0.1, 0.15) is 50.3 Å². The summed E-state index contributed by atoms with van der Waals surface area (Å²) in [6, 6.07) is 14.2. The first kappa shape index (κ1) is 25.1. The molecular weight excluding hydrogens is 477 g/mol. The third-order valence-corrected chi connectivity index (χ3v) is 8.76. The first-order chi connectivity index (χ1) is 16.9. The van der Waals surface area contributed by atoms with Gasteiger partial charge in [0.2, 0.25) is 21.7 Å². The van der Waals surface area contributed by atoms with E-state index in [0.717, 1.165) is 28.6 Å². The number of benzene rings is 2. The SMILES string of the molecule is CC1(C)OB(c2ccc(CCc3nc(-c4ccc5c(c4)CCN(S(C)(=O)=O)C5)no3)cc2)OC1(C)C. The summed E-state index contributed by atoms with van der Waals surface area (Å²) in [5, 5.41) is 4.17. The van der Waals surface area contributed by atoms with E-state index < -0.39 is 10.0 Å². The summed E-state index contributed by atoms with van der Waals surface area (Å²) < 4.78 is 43.0. The summed E-state index contributed by atoms with van der Waals surface area (Å²) in [6.45, 7) is 9.10. The van der Waals surface area contributed by atoms with Crippen molar-refractivity contribution in [2.45, 2.75) is 64.7 Å². The zero-order valence-electron chi connectivity index (χ0n) is 21.4. The normalized spacial score (nSPS) is 19.4. The molecule has 3 heterocycles. The molecule has 0 radical (unpaired) electrons. The Balaban J connectivity index is 1.21. The summed E-state index contributed by atoms with van der Waals surface area (Å²) in [5.41, 5.74) is 4.47. The van der Waals surface area contributed by atoms with E-state index >= 15 is 0 Å². The fourth-order valence-corrected chi connectivity index (χ4v) is 5.29. The maximum Gasteiger partial charge on any atom is 0.494 e. The van der Waals surface area contributed by atoms with Gasteiger partial charge in [0.25, 0.3) is 0 Å². The molecule has 0 atom stereocenters. The second-order valence-electron chi connectivity index (χ2n) is 10.7. The van der Waals surface area contributed by atoms with Crippen LogP contribution in [0.4, 0.5) is 0 Å². The monoisotopic (exact) mass is 509 g/mol. The predicted octanol–water partition coefficient (Wildman–Crippen LogP) is 3.14. The van der Waals surface area contributed by atoms with E-state index in [4.69, 9.17) is 13.8 Å². The van der Waals surface area contributed by atoms with Crippen molar-refractivity contribution in [3.05, 3.63) is 65.0 Å². The Bertz CT molecular complexity index is 1350. The molecule has 1 fully saturated rings. The molecule has 0 aliphatic carbocycles. The Morgan fingerprint density at radius 3 is 2.33 bits per heavy atom. The van der Waals surface area contributed by atoms with Gasteiger partial charge in [0.05, 0.1) is 17.5 Å². The van der Waals surface area contributed by atoms with Crippen LogP contribution in [0, 0.1) is 0 Å². The molecule has 0 saturated carbocycles. The van der Waals surface area contributed by atoms with Crippen molar-refractivity contribution in [1.29, 1.82) is 0 Å². The minimum atomic E-state index is -3.19. The number of fused-ring (bicyclic) bond motifs is 1. The molecule has 8 nitrogen and oxygen atoms in total. The van der Waals surface area contributed by atoms with Gasteiger partial charge >= 0.3 is 7.12 Å². The van der Waals surface area contributed by atoms with Gasteiger partial charge in [-0.2, -0.15) is 9.29 Å². The van der Waals surface area contributed by atoms with Crippen molar-refractivity contribution in [3.8, 4) is 11.4 Å². The van der Waals surface area contributed by atoms with Crippen molar-refractivity contribution in [3.63, 3.8) is 0 Å². The quantitative estimate of drug-likeness (QED) is 0.472. The Kier molecular flexibility index (Phi) is 6.35. The highest BCUT2D eigenvalue weighted by atomic mass is 32.2. The smallest absolute Gasteiger partial charge is 0.399 e. The number of rotatable bonds is 6. The Morgan fingerprint density at radius 1 is 0.972 bits per heavy atom. The molecule has 190 valence electrons. The van der Waals surface area contributed by atoms with E-state index in [2.05, 4.69) is 62.1 Å². The highest BCUT2D eigenvalue weighted by Gasteiger charge is 2.51. The Morgan fingerprint density at radius 2 is 1.67 bits per heavy atom. The van der Waals surface area contributed by atoms with Crippen molar-refractivity contribution < 1.29 is 22.2 Å². The van der Waals surface area contributed by atoms with Crippen LogP contribution >= 0.6 is 0 Å². The molecule has 0 N–H and O–H groups in total. The molecule has 2 aromatic carbocycles. The zero-order chi connectivity index (χ0) is 25.7. The summed E-state index contributed by atoms with van der Waals surface area (Å²) in [6.07, 6.45) is 3.33. The van der Waals surface area contributed by atoms with Gasteiger partial charge in [-0.1, -0.05) is 41.6 Å². The average molecular weight is 509 g/mol. The molecule has 10 heteroatoms. The van der Waals surface area contributed by atoms with E-state index in [1.165, 1.54) is 16.1 Å². The largest absolute Gasteiger partial charge is 0.494 e.